The van der Waals surface area contributed by atoms with Crippen molar-refractivity contribution in [2.75, 3.05) is 0 Å². The van der Waals surface area contributed by atoms with Crippen LogP contribution >= 0.6 is 11.6 Å². The molecule has 3 aromatic heterocycles. The second-order valence-corrected chi connectivity index (χ2v) is 4.88. The quantitative estimate of drug-likeness (QED) is 0.542. The summed E-state index contributed by atoms with van der Waals surface area (Å²) in [5.41, 5.74) is -0.503. The first kappa shape index (κ1) is 13.5. The van der Waals surface area contributed by atoms with Crippen LogP contribution in [0, 0.1) is 0 Å². The number of imidazole rings is 1. The highest BCUT2D eigenvalue weighted by molar-refractivity contribution is 6.29. The van der Waals surface area contributed by atoms with Gasteiger partial charge in [0.1, 0.15) is 0 Å². The molecule has 0 aromatic carbocycles. The monoisotopic (exact) mass is 310 g/mol. The van der Waals surface area contributed by atoms with Gasteiger partial charge in [-0.25, -0.2) is 4.79 Å². The van der Waals surface area contributed by atoms with Crippen LogP contribution in [0.5, 0.6) is 0 Å². The Hall–Kier alpha value is -2.49. The minimum Gasteiger partial charge on any atom is -0.301 e. The van der Waals surface area contributed by atoms with E-state index in [9.17, 15) is 9.59 Å². The van der Waals surface area contributed by atoms with Crippen molar-refractivity contribution in [3.05, 3.63) is 31.9 Å². The fourth-order valence-electron chi connectivity index (χ4n) is 2.09. The zero-order chi connectivity index (χ0) is 15.3. The van der Waals surface area contributed by atoms with Crippen LogP contribution in [0.25, 0.3) is 11.2 Å². The Labute approximate surface area is 122 Å². The van der Waals surface area contributed by atoms with Gasteiger partial charge in [0, 0.05) is 14.1 Å². The van der Waals surface area contributed by atoms with Crippen LogP contribution in [0.4, 0.5) is 0 Å². The number of tetrazole rings is 1. The van der Waals surface area contributed by atoms with E-state index in [1.54, 1.807) is 7.05 Å². The Morgan fingerprint density at radius 2 is 1.86 bits per heavy atom. The minimum atomic E-state index is -0.476. The zero-order valence-corrected chi connectivity index (χ0v) is 12.2. The Kier molecular flexibility index (Phi) is 2.90. The number of fused-ring (bicyclic) bond motifs is 1. The van der Waals surface area contributed by atoms with Crippen LogP contribution in [0.1, 0.15) is 5.82 Å². The van der Waals surface area contributed by atoms with Crippen LogP contribution < -0.4 is 11.2 Å². The molecule has 110 valence electrons. The maximum absolute atomic E-state index is 12.3. The predicted octanol–water partition coefficient (Wildman–Crippen LogP) is -1.34. The lowest BCUT2D eigenvalue weighted by Gasteiger charge is -2.05. The van der Waals surface area contributed by atoms with Gasteiger partial charge in [0.15, 0.2) is 17.0 Å². The molecule has 0 fully saturated rings. The average Bonchev–Trinajstić information content (AvgIpc) is 2.99. The van der Waals surface area contributed by atoms with Crippen molar-refractivity contribution >= 4 is 22.8 Å². The van der Waals surface area contributed by atoms with Gasteiger partial charge in [0.2, 0.25) is 5.28 Å². The van der Waals surface area contributed by atoms with Gasteiger partial charge in [0.05, 0.1) is 13.6 Å². The molecule has 0 saturated carbocycles. The molecule has 0 aliphatic heterocycles. The molecule has 0 aliphatic carbocycles. The third-order valence-corrected chi connectivity index (χ3v) is 3.44. The van der Waals surface area contributed by atoms with Crippen LogP contribution in [0.15, 0.2) is 9.59 Å². The van der Waals surface area contributed by atoms with Gasteiger partial charge in [-0.15, -0.1) is 10.2 Å². The van der Waals surface area contributed by atoms with E-state index in [-0.39, 0.29) is 23.0 Å². The first-order chi connectivity index (χ1) is 9.90. The summed E-state index contributed by atoms with van der Waals surface area (Å²) in [5, 5.41) is 11.7. The molecular weight excluding hydrogens is 300 g/mol. The van der Waals surface area contributed by atoms with Crippen molar-refractivity contribution in [2.45, 2.75) is 6.54 Å². The van der Waals surface area contributed by atoms with E-state index >= 15 is 0 Å². The molecule has 0 atom stereocenters. The molecule has 3 aromatic rings. The third-order valence-electron chi connectivity index (χ3n) is 3.15. The fraction of sp³-hybridized carbons (Fsp3) is 0.400. The van der Waals surface area contributed by atoms with Gasteiger partial charge in [-0.2, -0.15) is 9.78 Å². The molecule has 0 N–H and O–H groups in total. The van der Waals surface area contributed by atoms with Crippen LogP contribution in [0.3, 0.4) is 0 Å². The smallest absolute Gasteiger partial charge is 0.301 e. The molecule has 0 spiro atoms. The van der Waals surface area contributed by atoms with Crippen LogP contribution in [-0.2, 0) is 27.7 Å². The molecule has 21 heavy (non-hydrogen) atoms. The van der Waals surface area contributed by atoms with Gasteiger partial charge in [-0.1, -0.05) is 0 Å². The molecule has 0 radical (unpaired) electrons. The number of aryl methyl sites for hydroxylation is 2. The van der Waals surface area contributed by atoms with E-state index in [0.717, 1.165) is 4.57 Å². The number of hydrogen-bond acceptors (Lipinski definition) is 6. The van der Waals surface area contributed by atoms with E-state index in [1.165, 1.54) is 28.0 Å². The average molecular weight is 311 g/mol. The first-order valence-corrected chi connectivity index (χ1v) is 6.32. The molecule has 3 heterocycles. The van der Waals surface area contributed by atoms with Gasteiger partial charge >= 0.3 is 5.69 Å². The molecule has 0 bridgehead atoms. The van der Waals surface area contributed by atoms with Crippen molar-refractivity contribution in [1.82, 2.24) is 38.9 Å². The van der Waals surface area contributed by atoms with Crippen LogP contribution in [0.2, 0.25) is 5.28 Å². The van der Waals surface area contributed by atoms with E-state index in [4.69, 9.17) is 11.6 Å². The number of aromatic nitrogens is 8. The summed E-state index contributed by atoms with van der Waals surface area (Å²) >= 11 is 6.08. The van der Waals surface area contributed by atoms with E-state index in [2.05, 4.69) is 20.4 Å². The van der Waals surface area contributed by atoms with Crippen molar-refractivity contribution < 1.29 is 0 Å². The van der Waals surface area contributed by atoms with E-state index < -0.39 is 11.2 Å². The van der Waals surface area contributed by atoms with Crippen molar-refractivity contribution in [2.24, 2.45) is 21.1 Å². The lowest BCUT2D eigenvalue weighted by molar-refractivity contribution is 0.625. The molecular formula is C10H11ClN8O2. The SMILES string of the molecule is Cn1nnc(Cn2c(Cl)nc3c2c(=O)n(C)c(=O)n3C)n1. The number of hydrogen-bond donors (Lipinski definition) is 0. The summed E-state index contributed by atoms with van der Waals surface area (Å²) in [6.07, 6.45) is 0. The molecule has 0 unspecified atom stereocenters. The third kappa shape index (κ3) is 1.95. The van der Waals surface area contributed by atoms with E-state index in [1.807, 2.05) is 0 Å². The second-order valence-electron chi connectivity index (χ2n) is 4.54. The summed E-state index contributed by atoms with van der Waals surface area (Å²) in [5.74, 6) is 0.384. The standard InChI is InChI=1S/C10H11ClN8O2/c1-16-7-6(8(20)17(2)10(16)21)19(9(11)12-7)4-5-13-15-18(3)14-5/h4H2,1-3H3. The largest absolute Gasteiger partial charge is 0.332 e. The Morgan fingerprint density at radius 3 is 2.48 bits per heavy atom. The highest BCUT2D eigenvalue weighted by Gasteiger charge is 2.19. The van der Waals surface area contributed by atoms with Gasteiger partial charge < -0.3 is 4.57 Å². The van der Waals surface area contributed by atoms with Crippen LogP contribution in [-0.4, -0.2) is 38.9 Å². The first-order valence-electron chi connectivity index (χ1n) is 5.94. The van der Waals surface area contributed by atoms with Crippen molar-refractivity contribution in [3.63, 3.8) is 0 Å². The highest BCUT2D eigenvalue weighted by Crippen LogP contribution is 2.16. The summed E-state index contributed by atoms with van der Waals surface area (Å²) in [4.78, 5) is 29.6. The Morgan fingerprint density at radius 1 is 1.14 bits per heavy atom. The molecule has 0 saturated heterocycles. The molecule has 0 aliphatic rings. The summed E-state index contributed by atoms with van der Waals surface area (Å²) in [6.45, 7) is 0.136. The Balaban J connectivity index is 2.31. The minimum absolute atomic E-state index is 0.0794. The lowest BCUT2D eigenvalue weighted by Crippen LogP contribution is -2.37. The summed E-state index contributed by atoms with van der Waals surface area (Å²) in [6, 6.07) is 0. The Bertz CT molecular complexity index is 962. The van der Waals surface area contributed by atoms with Gasteiger partial charge in [-0.3, -0.25) is 13.9 Å². The molecule has 11 heteroatoms. The second kappa shape index (κ2) is 4.52. The summed E-state index contributed by atoms with van der Waals surface area (Å²) < 4.78 is 3.72. The predicted molar refractivity (Wildman–Crippen MR) is 73.1 cm³/mol. The number of rotatable bonds is 2. The molecule has 0 amide bonds. The van der Waals surface area contributed by atoms with E-state index in [0.29, 0.717) is 5.82 Å². The normalized spacial score (nSPS) is 11.4. The topological polar surface area (TPSA) is 105 Å². The highest BCUT2D eigenvalue weighted by atomic mass is 35.5. The van der Waals surface area contributed by atoms with Gasteiger partial charge in [0.25, 0.3) is 5.56 Å². The zero-order valence-electron chi connectivity index (χ0n) is 11.5. The lowest BCUT2D eigenvalue weighted by atomic mass is 10.5. The molecule has 3 rings (SSSR count). The maximum atomic E-state index is 12.3. The molecule has 10 nitrogen and oxygen atoms in total. The van der Waals surface area contributed by atoms with Gasteiger partial charge in [-0.05, 0) is 16.8 Å². The number of nitrogens with zero attached hydrogens (tertiary/aromatic N) is 8. The van der Waals surface area contributed by atoms with Crippen molar-refractivity contribution in [3.8, 4) is 0 Å². The summed E-state index contributed by atoms with van der Waals surface area (Å²) in [7, 11) is 4.56. The fourth-order valence-corrected chi connectivity index (χ4v) is 2.32. The maximum Gasteiger partial charge on any atom is 0.332 e. The number of halogens is 1. The van der Waals surface area contributed by atoms with Crippen molar-refractivity contribution in [1.29, 1.82) is 0 Å².